The molecular formula is C14H24N4. The van der Waals surface area contributed by atoms with E-state index in [1.54, 1.807) is 0 Å². The molecule has 1 aliphatic rings. The molecule has 2 atom stereocenters. The molecule has 2 unspecified atom stereocenters. The molecule has 1 fully saturated rings. The molecule has 1 aromatic rings. The Morgan fingerprint density at radius 3 is 2.78 bits per heavy atom. The van der Waals surface area contributed by atoms with Crippen molar-refractivity contribution in [1.29, 1.82) is 0 Å². The van der Waals surface area contributed by atoms with Gasteiger partial charge in [0.2, 0.25) is 5.95 Å². The first-order chi connectivity index (χ1) is 8.69. The van der Waals surface area contributed by atoms with Crippen molar-refractivity contribution in [1.82, 2.24) is 9.97 Å². The summed E-state index contributed by atoms with van der Waals surface area (Å²) >= 11 is 0. The second-order valence-corrected chi connectivity index (χ2v) is 5.44. The van der Waals surface area contributed by atoms with E-state index < -0.39 is 0 Å². The number of nitrogens with zero attached hydrogens (tertiary/aromatic N) is 3. The third-order valence-corrected chi connectivity index (χ3v) is 3.63. The van der Waals surface area contributed by atoms with E-state index in [1.807, 2.05) is 19.3 Å². The van der Waals surface area contributed by atoms with Gasteiger partial charge in [-0.3, -0.25) is 0 Å². The molecule has 2 N–H and O–H groups in total. The molecule has 2 rings (SSSR count). The van der Waals surface area contributed by atoms with Crippen molar-refractivity contribution in [2.24, 2.45) is 11.7 Å². The predicted octanol–water partition coefficient (Wildman–Crippen LogP) is 1.99. The summed E-state index contributed by atoms with van der Waals surface area (Å²) in [6, 6.07) is 0.166. The van der Waals surface area contributed by atoms with Gasteiger partial charge >= 0.3 is 0 Å². The van der Waals surface area contributed by atoms with E-state index in [9.17, 15) is 0 Å². The second kappa shape index (κ2) is 6.14. The Balaban J connectivity index is 2.00. The lowest BCUT2D eigenvalue weighted by atomic mass is 9.96. The van der Waals surface area contributed by atoms with Crippen LogP contribution in [0.25, 0.3) is 0 Å². The Kier molecular flexibility index (Phi) is 4.53. The highest BCUT2D eigenvalue weighted by Gasteiger charge is 2.20. The van der Waals surface area contributed by atoms with Gasteiger partial charge < -0.3 is 10.6 Å². The minimum absolute atomic E-state index is 0.166. The fourth-order valence-corrected chi connectivity index (χ4v) is 2.57. The summed E-state index contributed by atoms with van der Waals surface area (Å²) in [7, 11) is 0. The van der Waals surface area contributed by atoms with Crippen molar-refractivity contribution in [2.45, 2.75) is 45.6 Å². The SMILES string of the molecule is CCC1CCCN(c2ncc(CC(C)N)cn2)C1. The molecule has 1 aromatic heterocycles. The topological polar surface area (TPSA) is 55.0 Å². The standard InChI is InChI=1S/C14H24N4/c1-3-12-5-4-6-18(10-12)14-16-8-13(9-17-14)7-11(2)15/h8-9,11-12H,3-7,10,15H2,1-2H3. The first-order valence-corrected chi connectivity index (χ1v) is 7.00. The highest BCUT2D eigenvalue weighted by atomic mass is 15.2. The average molecular weight is 248 g/mol. The Hall–Kier alpha value is -1.16. The molecule has 2 heterocycles. The monoisotopic (exact) mass is 248 g/mol. The van der Waals surface area contributed by atoms with Crippen molar-refractivity contribution in [2.75, 3.05) is 18.0 Å². The van der Waals surface area contributed by atoms with Gasteiger partial charge in [0.05, 0.1) is 0 Å². The zero-order valence-corrected chi connectivity index (χ0v) is 11.5. The normalized spacial score (nSPS) is 21.9. The minimum atomic E-state index is 0.166. The molecule has 0 spiro atoms. The minimum Gasteiger partial charge on any atom is -0.341 e. The highest BCUT2D eigenvalue weighted by molar-refractivity contribution is 5.30. The molecule has 0 amide bonds. The maximum Gasteiger partial charge on any atom is 0.225 e. The van der Waals surface area contributed by atoms with Gasteiger partial charge in [0.25, 0.3) is 0 Å². The largest absolute Gasteiger partial charge is 0.341 e. The number of aromatic nitrogens is 2. The second-order valence-electron chi connectivity index (χ2n) is 5.44. The van der Waals surface area contributed by atoms with Gasteiger partial charge in [0.1, 0.15) is 0 Å². The zero-order valence-electron chi connectivity index (χ0n) is 11.5. The van der Waals surface area contributed by atoms with E-state index >= 15 is 0 Å². The van der Waals surface area contributed by atoms with Crippen LogP contribution in [0.2, 0.25) is 0 Å². The molecule has 1 saturated heterocycles. The number of anilines is 1. The van der Waals surface area contributed by atoms with Gasteiger partial charge in [0.15, 0.2) is 0 Å². The Labute approximate surface area is 110 Å². The quantitative estimate of drug-likeness (QED) is 0.885. The summed E-state index contributed by atoms with van der Waals surface area (Å²) in [4.78, 5) is 11.3. The fourth-order valence-electron chi connectivity index (χ4n) is 2.57. The number of piperidine rings is 1. The first kappa shape index (κ1) is 13.3. The smallest absolute Gasteiger partial charge is 0.225 e. The molecule has 100 valence electrons. The van der Waals surface area contributed by atoms with Gasteiger partial charge in [-0.05, 0) is 37.7 Å². The molecule has 4 nitrogen and oxygen atoms in total. The lowest BCUT2D eigenvalue weighted by molar-refractivity contribution is 0.401. The lowest BCUT2D eigenvalue weighted by Gasteiger charge is -2.32. The van der Waals surface area contributed by atoms with E-state index in [0.717, 1.165) is 36.9 Å². The number of hydrogen-bond acceptors (Lipinski definition) is 4. The summed E-state index contributed by atoms with van der Waals surface area (Å²) < 4.78 is 0. The van der Waals surface area contributed by atoms with Crippen LogP contribution >= 0.6 is 0 Å². The molecule has 0 aliphatic carbocycles. The molecule has 0 radical (unpaired) electrons. The van der Waals surface area contributed by atoms with Crippen LogP contribution in [0.3, 0.4) is 0 Å². The molecule has 4 heteroatoms. The van der Waals surface area contributed by atoms with Gasteiger partial charge in [0, 0.05) is 31.5 Å². The number of rotatable bonds is 4. The summed E-state index contributed by atoms with van der Waals surface area (Å²) in [5.74, 6) is 1.67. The van der Waals surface area contributed by atoms with E-state index in [1.165, 1.54) is 19.3 Å². The Morgan fingerprint density at radius 1 is 1.44 bits per heavy atom. The molecule has 0 saturated carbocycles. The van der Waals surface area contributed by atoms with Gasteiger partial charge in [-0.25, -0.2) is 9.97 Å². The van der Waals surface area contributed by atoms with Crippen molar-refractivity contribution >= 4 is 5.95 Å². The molecular weight excluding hydrogens is 224 g/mol. The third kappa shape index (κ3) is 3.42. The summed E-state index contributed by atoms with van der Waals surface area (Å²) in [5, 5.41) is 0. The van der Waals surface area contributed by atoms with Crippen LogP contribution in [0.5, 0.6) is 0 Å². The van der Waals surface area contributed by atoms with Crippen LogP contribution in [0.4, 0.5) is 5.95 Å². The first-order valence-electron chi connectivity index (χ1n) is 7.00. The third-order valence-electron chi connectivity index (χ3n) is 3.63. The van der Waals surface area contributed by atoms with E-state index in [0.29, 0.717) is 0 Å². The van der Waals surface area contributed by atoms with Crippen molar-refractivity contribution < 1.29 is 0 Å². The average Bonchev–Trinajstić information content (AvgIpc) is 2.39. The summed E-state index contributed by atoms with van der Waals surface area (Å²) in [6.45, 7) is 6.46. The van der Waals surface area contributed by atoms with Crippen LogP contribution < -0.4 is 10.6 Å². The van der Waals surface area contributed by atoms with E-state index in [2.05, 4.69) is 21.8 Å². The Morgan fingerprint density at radius 2 is 2.17 bits per heavy atom. The zero-order chi connectivity index (χ0) is 13.0. The molecule has 1 aliphatic heterocycles. The molecule has 0 aromatic carbocycles. The summed E-state index contributed by atoms with van der Waals surface area (Å²) in [5.41, 5.74) is 6.90. The van der Waals surface area contributed by atoms with Crippen molar-refractivity contribution in [3.8, 4) is 0 Å². The molecule has 0 bridgehead atoms. The van der Waals surface area contributed by atoms with Crippen LogP contribution in [0, 0.1) is 5.92 Å². The molecule has 18 heavy (non-hydrogen) atoms. The van der Waals surface area contributed by atoms with Crippen molar-refractivity contribution in [3.63, 3.8) is 0 Å². The van der Waals surface area contributed by atoms with Crippen LogP contribution in [0.15, 0.2) is 12.4 Å². The number of nitrogens with two attached hydrogens (primary N) is 1. The predicted molar refractivity (Wildman–Crippen MR) is 74.6 cm³/mol. The maximum atomic E-state index is 5.78. The maximum absolute atomic E-state index is 5.78. The Bertz CT molecular complexity index is 361. The highest BCUT2D eigenvalue weighted by Crippen LogP contribution is 2.22. The summed E-state index contributed by atoms with van der Waals surface area (Å²) in [6.07, 6.45) is 8.53. The van der Waals surface area contributed by atoms with Crippen LogP contribution in [-0.2, 0) is 6.42 Å². The van der Waals surface area contributed by atoms with E-state index in [4.69, 9.17) is 5.73 Å². The fraction of sp³-hybridized carbons (Fsp3) is 0.714. The number of hydrogen-bond donors (Lipinski definition) is 1. The van der Waals surface area contributed by atoms with E-state index in [-0.39, 0.29) is 6.04 Å². The van der Waals surface area contributed by atoms with Gasteiger partial charge in [-0.15, -0.1) is 0 Å². The van der Waals surface area contributed by atoms with Gasteiger partial charge in [-0.1, -0.05) is 13.3 Å². The van der Waals surface area contributed by atoms with Crippen molar-refractivity contribution in [3.05, 3.63) is 18.0 Å². The van der Waals surface area contributed by atoms with Crippen LogP contribution in [0.1, 0.15) is 38.7 Å². The lowest BCUT2D eigenvalue weighted by Crippen LogP contribution is -2.36. The van der Waals surface area contributed by atoms with Crippen LogP contribution in [-0.4, -0.2) is 29.1 Å². The van der Waals surface area contributed by atoms with Gasteiger partial charge in [-0.2, -0.15) is 0 Å².